The molecule has 0 N–H and O–H groups in total. The summed E-state index contributed by atoms with van der Waals surface area (Å²) in [6.45, 7) is 5.85. The van der Waals surface area contributed by atoms with E-state index in [9.17, 15) is 4.79 Å². The molecule has 0 unspecified atom stereocenters. The number of hydrogen-bond donors (Lipinski definition) is 0. The molecule has 0 spiro atoms. The Morgan fingerprint density at radius 2 is 1.78 bits per heavy atom. The Morgan fingerprint density at radius 1 is 1.13 bits per heavy atom. The molecule has 0 aliphatic carbocycles. The highest BCUT2D eigenvalue weighted by atomic mass is 16.7. The molecule has 7 heteroatoms. The summed E-state index contributed by atoms with van der Waals surface area (Å²) in [6, 6.07) is 0. The molecular weight excluding hydrogens is 304 g/mol. The van der Waals surface area contributed by atoms with Crippen LogP contribution in [0.3, 0.4) is 0 Å². The highest BCUT2D eigenvalue weighted by molar-refractivity contribution is 5.70. The first kappa shape index (κ1) is 20.1. The zero-order chi connectivity index (χ0) is 17.4. The lowest BCUT2D eigenvalue weighted by Gasteiger charge is -2.44. The van der Waals surface area contributed by atoms with Crippen molar-refractivity contribution in [3.05, 3.63) is 12.7 Å². The lowest BCUT2D eigenvalue weighted by molar-refractivity contribution is -0.306. The Labute approximate surface area is 137 Å². The van der Waals surface area contributed by atoms with Gasteiger partial charge in [0, 0.05) is 28.4 Å². The maximum Gasteiger partial charge on any atom is 0.306 e. The predicted molar refractivity (Wildman–Crippen MR) is 83.0 cm³/mol. The monoisotopic (exact) mass is 332 g/mol. The highest BCUT2D eigenvalue weighted by Crippen LogP contribution is 2.28. The van der Waals surface area contributed by atoms with Gasteiger partial charge in [0.15, 0.2) is 12.4 Å². The van der Waals surface area contributed by atoms with Crippen LogP contribution in [0.15, 0.2) is 12.7 Å². The van der Waals surface area contributed by atoms with Gasteiger partial charge < -0.3 is 28.4 Å². The van der Waals surface area contributed by atoms with Crippen LogP contribution >= 0.6 is 0 Å². The van der Waals surface area contributed by atoms with Gasteiger partial charge >= 0.3 is 5.97 Å². The molecule has 6 atom stereocenters. The number of allylic oxidation sites excluding steroid dienone is 1. The SMILES string of the molecule is C=C[C@H](C)CC(=O)O[C@@H]1[C@H](OC)[C@@H](OC)O[C@H](COC)[C@H]1OC. The number of rotatable bonds is 9. The number of ether oxygens (including phenoxy) is 6. The van der Waals surface area contributed by atoms with Gasteiger partial charge in [-0.3, -0.25) is 4.79 Å². The first-order valence-electron chi connectivity index (χ1n) is 7.57. The minimum absolute atomic E-state index is 0.0253. The third-order valence-electron chi connectivity index (χ3n) is 3.86. The Bertz CT molecular complexity index is 373. The van der Waals surface area contributed by atoms with Gasteiger partial charge in [0.25, 0.3) is 0 Å². The molecule has 0 aromatic carbocycles. The summed E-state index contributed by atoms with van der Waals surface area (Å²) >= 11 is 0. The van der Waals surface area contributed by atoms with Gasteiger partial charge in [0.2, 0.25) is 0 Å². The summed E-state index contributed by atoms with van der Waals surface area (Å²) in [5, 5.41) is 0. The molecule has 23 heavy (non-hydrogen) atoms. The van der Waals surface area contributed by atoms with Crippen LogP contribution in [0.5, 0.6) is 0 Å². The Kier molecular flexibility index (Phi) is 8.72. The van der Waals surface area contributed by atoms with E-state index in [1.807, 2.05) is 6.92 Å². The second kappa shape index (κ2) is 10.00. The summed E-state index contributed by atoms with van der Waals surface area (Å²) in [5.41, 5.74) is 0. The summed E-state index contributed by atoms with van der Waals surface area (Å²) in [6.07, 6.45) is -0.945. The van der Waals surface area contributed by atoms with Crippen LogP contribution in [0.4, 0.5) is 0 Å². The summed E-state index contributed by atoms with van der Waals surface area (Å²) in [5.74, 6) is -0.322. The zero-order valence-corrected chi connectivity index (χ0v) is 14.5. The largest absolute Gasteiger partial charge is 0.456 e. The number of carbonyl (C=O) groups is 1. The Hall–Kier alpha value is -0.990. The van der Waals surface area contributed by atoms with E-state index in [1.165, 1.54) is 21.3 Å². The molecule has 0 aromatic heterocycles. The minimum Gasteiger partial charge on any atom is -0.456 e. The van der Waals surface area contributed by atoms with Crippen molar-refractivity contribution in [1.29, 1.82) is 0 Å². The fraction of sp³-hybridized carbons (Fsp3) is 0.812. The summed E-state index contributed by atoms with van der Waals surface area (Å²) in [7, 11) is 6.11. The van der Waals surface area contributed by atoms with E-state index >= 15 is 0 Å². The smallest absolute Gasteiger partial charge is 0.306 e. The van der Waals surface area contributed by atoms with Crippen LogP contribution in [-0.4, -0.2) is 71.7 Å². The van der Waals surface area contributed by atoms with Crippen LogP contribution < -0.4 is 0 Å². The number of methoxy groups -OCH3 is 4. The van der Waals surface area contributed by atoms with Crippen molar-refractivity contribution < 1.29 is 33.2 Å². The van der Waals surface area contributed by atoms with Crippen molar-refractivity contribution in [2.45, 2.75) is 44.1 Å². The van der Waals surface area contributed by atoms with Gasteiger partial charge in [-0.05, 0) is 5.92 Å². The Balaban J connectivity index is 2.93. The number of esters is 1. The topological polar surface area (TPSA) is 72.5 Å². The quantitative estimate of drug-likeness (QED) is 0.463. The molecular formula is C16H28O7. The second-order valence-corrected chi connectivity index (χ2v) is 5.51. The zero-order valence-electron chi connectivity index (χ0n) is 14.5. The van der Waals surface area contributed by atoms with Crippen LogP contribution in [-0.2, 0) is 33.2 Å². The van der Waals surface area contributed by atoms with Gasteiger partial charge in [0.1, 0.15) is 18.3 Å². The van der Waals surface area contributed by atoms with Crippen molar-refractivity contribution in [2.24, 2.45) is 5.92 Å². The second-order valence-electron chi connectivity index (χ2n) is 5.51. The number of carbonyl (C=O) groups excluding carboxylic acids is 1. The maximum atomic E-state index is 12.2. The van der Waals surface area contributed by atoms with Crippen molar-refractivity contribution in [3.8, 4) is 0 Å². The molecule has 1 rings (SSSR count). The molecule has 1 aliphatic heterocycles. The van der Waals surface area contributed by atoms with Gasteiger partial charge in [-0.2, -0.15) is 0 Å². The normalized spacial score (nSPS) is 32.3. The van der Waals surface area contributed by atoms with Crippen LogP contribution in [0.1, 0.15) is 13.3 Å². The lowest BCUT2D eigenvalue weighted by Crippen LogP contribution is -2.61. The van der Waals surface area contributed by atoms with E-state index in [0.717, 1.165) is 0 Å². The summed E-state index contributed by atoms with van der Waals surface area (Å²) < 4.78 is 32.8. The molecule has 0 bridgehead atoms. The maximum absolute atomic E-state index is 12.2. The van der Waals surface area contributed by atoms with Gasteiger partial charge in [-0.15, -0.1) is 6.58 Å². The third kappa shape index (κ3) is 5.26. The van der Waals surface area contributed by atoms with Crippen molar-refractivity contribution in [1.82, 2.24) is 0 Å². The van der Waals surface area contributed by atoms with Crippen LogP contribution in [0.2, 0.25) is 0 Å². The van der Waals surface area contributed by atoms with Crippen LogP contribution in [0.25, 0.3) is 0 Å². The van der Waals surface area contributed by atoms with Crippen molar-refractivity contribution in [2.75, 3.05) is 35.0 Å². The molecule has 0 amide bonds. The van der Waals surface area contributed by atoms with Crippen LogP contribution in [0, 0.1) is 5.92 Å². The van der Waals surface area contributed by atoms with E-state index in [4.69, 9.17) is 28.4 Å². The average molecular weight is 332 g/mol. The fourth-order valence-corrected chi connectivity index (χ4v) is 2.58. The van der Waals surface area contributed by atoms with E-state index in [1.54, 1.807) is 13.2 Å². The molecule has 7 nitrogen and oxygen atoms in total. The molecule has 0 saturated carbocycles. The first-order valence-corrected chi connectivity index (χ1v) is 7.57. The molecule has 0 radical (unpaired) electrons. The van der Waals surface area contributed by atoms with Crippen molar-refractivity contribution >= 4 is 5.97 Å². The van der Waals surface area contributed by atoms with E-state index in [0.29, 0.717) is 0 Å². The molecule has 1 aliphatic rings. The van der Waals surface area contributed by atoms with E-state index in [2.05, 4.69) is 6.58 Å². The molecule has 1 fully saturated rings. The first-order chi connectivity index (χ1) is 11.0. The third-order valence-corrected chi connectivity index (χ3v) is 3.86. The summed E-state index contributed by atoms with van der Waals surface area (Å²) in [4.78, 5) is 12.2. The predicted octanol–water partition coefficient (Wildman–Crippen LogP) is 1.16. The molecule has 134 valence electrons. The molecule has 0 aromatic rings. The molecule has 1 saturated heterocycles. The Morgan fingerprint density at radius 3 is 2.26 bits per heavy atom. The average Bonchev–Trinajstić information content (AvgIpc) is 2.54. The van der Waals surface area contributed by atoms with Gasteiger partial charge in [-0.25, -0.2) is 0 Å². The van der Waals surface area contributed by atoms with Gasteiger partial charge in [0.05, 0.1) is 13.0 Å². The lowest BCUT2D eigenvalue weighted by atomic mass is 9.98. The van der Waals surface area contributed by atoms with Crippen molar-refractivity contribution in [3.63, 3.8) is 0 Å². The highest BCUT2D eigenvalue weighted by Gasteiger charge is 2.49. The van der Waals surface area contributed by atoms with Gasteiger partial charge in [-0.1, -0.05) is 13.0 Å². The number of hydrogen-bond acceptors (Lipinski definition) is 7. The minimum atomic E-state index is -0.679. The van der Waals surface area contributed by atoms with E-state index in [-0.39, 0.29) is 24.9 Å². The standard InChI is InChI=1S/C16H28O7/c1-7-10(2)8-12(17)23-14-13(19-4)11(9-18-3)22-16(21-6)15(14)20-5/h7,10-11,13-16H,1,8-9H2,2-6H3/t10-,11+,13+,14-,15-,16-/m0/s1. The molecule has 1 heterocycles. The van der Waals surface area contributed by atoms with E-state index < -0.39 is 30.7 Å². The fourth-order valence-electron chi connectivity index (χ4n) is 2.58.